The molecule has 4 rings (SSSR count). The molecule has 4 aliphatic carbocycles. The molecule has 0 heterocycles. The second-order valence-corrected chi connectivity index (χ2v) is 7.05. The highest BCUT2D eigenvalue weighted by Crippen LogP contribution is 2.56. The summed E-state index contributed by atoms with van der Waals surface area (Å²) in [6.07, 6.45) is 9.07. The Morgan fingerprint density at radius 1 is 0.778 bits per heavy atom. The van der Waals surface area contributed by atoms with Crippen molar-refractivity contribution < 1.29 is 0 Å². The van der Waals surface area contributed by atoms with Crippen molar-refractivity contribution in [1.29, 1.82) is 0 Å². The van der Waals surface area contributed by atoms with Crippen LogP contribution in [0.4, 0.5) is 0 Å². The van der Waals surface area contributed by atoms with Crippen molar-refractivity contribution >= 4 is 0 Å². The summed E-state index contributed by atoms with van der Waals surface area (Å²) in [4.78, 5) is 0. The third kappa shape index (κ3) is 2.75. The molecule has 0 aromatic heterocycles. The molecule has 0 atom stereocenters. The molecule has 2 heteroatoms. The molecule has 2 N–H and O–H groups in total. The lowest BCUT2D eigenvalue weighted by atomic mass is 9.52. The van der Waals surface area contributed by atoms with Crippen LogP contribution in [-0.4, -0.2) is 26.2 Å². The van der Waals surface area contributed by atoms with E-state index in [-0.39, 0.29) is 0 Å². The van der Waals surface area contributed by atoms with Crippen molar-refractivity contribution in [2.45, 2.75) is 45.4 Å². The molecule has 2 nitrogen and oxygen atoms in total. The molecule has 18 heavy (non-hydrogen) atoms. The molecular formula is C16H30N2. The van der Waals surface area contributed by atoms with Gasteiger partial charge >= 0.3 is 0 Å². The minimum absolute atomic E-state index is 1.02. The summed E-state index contributed by atoms with van der Waals surface area (Å²) < 4.78 is 0. The lowest BCUT2D eigenvalue weighted by molar-refractivity contribution is -0.0353. The molecular weight excluding hydrogens is 220 g/mol. The summed E-state index contributed by atoms with van der Waals surface area (Å²) in [5.74, 6) is 5.42. The maximum atomic E-state index is 3.71. The fourth-order valence-corrected chi connectivity index (χ4v) is 5.12. The van der Waals surface area contributed by atoms with Gasteiger partial charge in [-0.05, 0) is 81.2 Å². The van der Waals surface area contributed by atoms with Crippen molar-refractivity contribution in [2.24, 2.45) is 29.6 Å². The second-order valence-electron chi connectivity index (χ2n) is 7.05. The lowest BCUT2D eigenvalue weighted by Crippen LogP contribution is -2.48. The summed E-state index contributed by atoms with van der Waals surface area (Å²) in [5.41, 5.74) is 0. The molecule has 4 fully saturated rings. The number of hydrogen-bond donors (Lipinski definition) is 2. The largest absolute Gasteiger partial charge is 0.315 e. The Morgan fingerprint density at radius 2 is 1.39 bits per heavy atom. The predicted molar refractivity (Wildman–Crippen MR) is 76.6 cm³/mol. The number of hydrogen-bond acceptors (Lipinski definition) is 2. The summed E-state index contributed by atoms with van der Waals surface area (Å²) >= 11 is 0. The van der Waals surface area contributed by atoms with E-state index in [1.807, 2.05) is 0 Å². The van der Waals surface area contributed by atoms with E-state index < -0.39 is 0 Å². The molecule has 0 saturated heterocycles. The van der Waals surface area contributed by atoms with Crippen molar-refractivity contribution in [3.8, 4) is 0 Å². The highest BCUT2D eigenvalue weighted by molar-refractivity contribution is 4.98. The Hall–Kier alpha value is -0.0800. The van der Waals surface area contributed by atoms with Crippen LogP contribution in [0.15, 0.2) is 0 Å². The average molecular weight is 250 g/mol. The molecule has 4 bridgehead atoms. The highest BCUT2D eigenvalue weighted by Gasteiger charge is 2.47. The molecule has 104 valence electrons. The zero-order chi connectivity index (χ0) is 12.4. The first kappa shape index (κ1) is 12.9. The first-order valence-corrected chi connectivity index (χ1v) is 8.28. The molecule has 0 spiro atoms. The third-order valence-corrected chi connectivity index (χ3v) is 5.71. The lowest BCUT2D eigenvalue weighted by Gasteiger charge is -2.54. The summed E-state index contributed by atoms with van der Waals surface area (Å²) in [6, 6.07) is 0. The Morgan fingerprint density at radius 3 is 2.00 bits per heavy atom. The van der Waals surface area contributed by atoms with Gasteiger partial charge in [-0.15, -0.1) is 0 Å². The van der Waals surface area contributed by atoms with E-state index in [1.165, 1.54) is 19.5 Å². The van der Waals surface area contributed by atoms with Crippen LogP contribution < -0.4 is 10.6 Å². The molecule has 0 amide bonds. The molecule has 0 aliphatic heterocycles. The highest BCUT2D eigenvalue weighted by atomic mass is 14.9. The van der Waals surface area contributed by atoms with Gasteiger partial charge in [-0.25, -0.2) is 0 Å². The summed E-state index contributed by atoms with van der Waals surface area (Å²) in [5, 5.41) is 7.18. The normalized spacial score (nSPS) is 41.5. The maximum Gasteiger partial charge on any atom is 0.00768 e. The van der Waals surface area contributed by atoms with Crippen LogP contribution in [0.3, 0.4) is 0 Å². The Balaban J connectivity index is 1.38. The third-order valence-electron chi connectivity index (χ3n) is 5.71. The van der Waals surface area contributed by atoms with Gasteiger partial charge in [0.05, 0.1) is 0 Å². The fraction of sp³-hybridized carbons (Fsp3) is 1.00. The Bertz CT molecular complexity index is 236. The van der Waals surface area contributed by atoms with Crippen LogP contribution in [-0.2, 0) is 0 Å². The summed E-state index contributed by atoms with van der Waals surface area (Å²) in [7, 11) is 0. The van der Waals surface area contributed by atoms with E-state index in [2.05, 4.69) is 17.6 Å². The zero-order valence-corrected chi connectivity index (χ0v) is 12.0. The number of nitrogens with one attached hydrogen (secondary N) is 2. The van der Waals surface area contributed by atoms with E-state index in [9.17, 15) is 0 Å². The van der Waals surface area contributed by atoms with Crippen molar-refractivity contribution in [3.63, 3.8) is 0 Å². The van der Waals surface area contributed by atoms with Gasteiger partial charge in [0, 0.05) is 13.1 Å². The average Bonchev–Trinajstić information content (AvgIpc) is 2.35. The minimum atomic E-state index is 1.02. The van der Waals surface area contributed by atoms with Crippen molar-refractivity contribution in [1.82, 2.24) is 10.6 Å². The van der Waals surface area contributed by atoms with E-state index in [4.69, 9.17) is 0 Å². The first-order chi connectivity index (χ1) is 8.86. The van der Waals surface area contributed by atoms with Gasteiger partial charge in [-0.1, -0.05) is 6.92 Å². The van der Waals surface area contributed by atoms with Crippen LogP contribution >= 0.6 is 0 Å². The topological polar surface area (TPSA) is 24.1 Å². The van der Waals surface area contributed by atoms with Gasteiger partial charge in [0.15, 0.2) is 0 Å². The van der Waals surface area contributed by atoms with Gasteiger partial charge in [0.1, 0.15) is 0 Å². The van der Waals surface area contributed by atoms with E-state index in [0.29, 0.717) is 0 Å². The van der Waals surface area contributed by atoms with Gasteiger partial charge in [0.25, 0.3) is 0 Å². The SMILES string of the molecule is CCCNCCNCC1C2CC3CC(C2)CC1C3. The standard InChI is InChI=1S/C16H30N2/c1-2-3-17-4-5-18-11-16-14-7-12-6-13(9-14)10-15(16)8-12/h12-18H,2-11H2,1H3. The maximum absolute atomic E-state index is 3.71. The van der Waals surface area contributed by atoms with Crippen molar-refractivity contribution in [3.05, 3.63) is 0 Å². The van der Waals surface area contributed by atoms with Crippen LogP contribution in [0, 0.1) is 29.6 Å². The second kappa shape index (κ2) is 5.92. The quantitative estimate of drug-likeness (QED) is 0.679. The van der Waals surface area contributed by atoms with E-state index in [1.54, 1.807) is 32.1 Å². The predicted octanol–water partition coefficient (Wildman–Crippen LogP) is 2.65. The zero-order valence-electron chi connectivity index (χ0n) is 12.0. The fourth-order valence-electron chi connectivity index (χ4n) is 5.12. The van der Waals surface area contributed by atoms with Crippen LogP contribution in [0.2, 0.25) is 0 Å². The number of rotatable bonds is 7. The molecule has 0 aromatic carbocycles. The molecule has 0 radical (unpaired) electrons. The minimum Gasteiger partial charge on any atom is -0.315 e. The molecule has 4 aliphatic rings. The van der Waals surface area contributed by atoms with Gasteiger partial charge in [0.2, 0.25) is 0 Å². The van der Waals surface area contributed by atoms with Crippen LogP contribution in [0.25, 0.3) is 0 Å². The van der Waals surface area contributed by atoms with Gasteiger partial charge in [-0.2, -0.15) is 0 Å². The molecule has 4 saturated carbocycles. The van der Waals surface area contributed by atoms with Gasteiger partial charge in [-0.3, -0.25) is 0 Å². The van der Waals surface area contributed by atoms with Gasteiger partial charge < -0.3 is 10.6 Å². The monoisotopic (exact) mass is 250 g/mol. The first-order valence-electron chi connectivity index (χ1n) is 8.28. The van der Waals surface area contributed by atoms with Crippen LogP contribution in [0.5, 0.6) is 0 Å². The summed E-state index contributed by atoms with van der Waals surface area (Å²) in [6.45, 7) is 6.99. The van der Waals surface area contributed by atoms with E-state index >= 15 is 0 Å². The van der Waals surface area contributed by atoms with E-state index in [0.717, 1.165) is 42.7 Å². The van der Waals surface area contributed by atoms with Crippen molar-refractivity contribution in [2.75, 3.05) is 26.2 Å². The Kier molecular flexibility index (Phi) is 4.25. The smallest absolute Gasteiger partial charge is 0.00768 e. The van der Waals surface area contributed by atoms with Crippen LogP contribution in [0.1, 0.15) is 45.4 Å². The Labute approximate surface area is 112 Å². The molecule has 0 aromatic rings. The molecule has 0 unspecified atom stereocenters.